The number of hydrogen-bond donors (Lipinski definition) is 0. The topological polar surface area (TPSA) is 30.4 Å². The number of furan rings is 1. The van der Waals surface area contributed by atoms with Crippen molar-refractivity contribution in [3.8, 4) is 11.5 Å². The number of rotatable bonds is 1. The maximum absolute atomic E-state index is 5.49. The molecule has 3 aromatic rings. The minimum absolute atomic E-state index is 0.700. The first kappa shape index (κ1) is 10.1. The highest BCUT2D eigenvalue weighted by molar-refractivity contribution is 9.10. The van der Waals surface area contributed by atoms with Gasteiger partial charge in [-0.3, -0.25) is 4.40 Å². The molecule has 80 valence electrons. The van der Waals surface area contributed by atoms with E-state index in [0.29, 0.717) is 4.67 Å². The number of nitrogens with zero attached hydrogens (tertiary/aromatic N) is 2. The lowest BCUT2D eigenvalue weighted by molar-refractivity contribution is 0.554. The van der Waals surface area contributed by atoms with Gasteiger partial charge in [0.05, 0.1) is 0 Å². The summed E-state index contributed by atoms with van der Waals surface area (Å²) < 4.78 is 9.05. The van der Waals surface area contributed by atoms with E-state index in [9.17, 15) is 0 Å². The van der Waals surface area contributed by atoms with Crippen LogP contribution in [-0.4, -0.2) is 9.38 Å². The van der Waals surface area contributed by atoms with Gasteiger partial charge in [-0.25, -0.2) is 4.98 Å². The Labute approximate surface area is 108 Å². The summed E-state index contributed by atoms with van der Waals surface area (Å²) in [6.07, 6.45) is 1.95. The van der Waals surface area contributed by atoms with Crippen molar-refractivity contribution < 1.29 is 4.42 Å². The lowest BCUT2D eigenvalue weighted by atomic mass is 10.4. The Morgan fingerprint density at radius 3 is 2.69 bits per heavy atom. The zero-order valence-corrected chi connectivity index (χ0v) is 11.2. The Morgan fingerprint density at radius 2 is 2.00 bits per heavy atom. The molecule has 0 unspecified atom stereocenters. The maximum Gasteiger partial charge on any atom is 0.169 e. The van der Waals surface area contributed by atoms with Crippen LogP contribution in [0.2, 0.25) is 0 Å². The molecular formula is C11H6Br2N2O. The Kier molecular flexibility index (Phi) is 2.37. The van der Waals surface area contributed by atoms with Crippen LogP contribution in [0.1, 0.15) is 0 Å². The SMILES string of the molecule is Brc1ccc(-c2nc3ccccn3c2Br)o1. The molecule has 0 bridgehead atoms. The highest BCUT2D eigenvalue weighted by Crippen LogP contribution is 2.31. The minimum Gasteiger partial charge on any atom is -0.448 e. The van der Waals surface area contributed by atoms with Gasteiger partial charge in [-0.15, -0.1) is 0 Å². The van der Waals surface area contributed by atoms with Gasteiger partial charge in [0, 0.05) is 6.20 Å². The summed E-state index contributed by atoms with van der Waals surface area (Å²) in [5, 5.41) is 0. The van der Waals surface area contributed by atoms with E-state index in [1.165, 1.54) is 0 Å². The van der Waals surface area contributed by atoms with E-state index in [1.54, 1.807) is 0 Å². The van der Waals surface area contributed by atoms with E-state index >= 15 is 0 Å². The molecule has 0 aliphatic rings. The van der Waals surface area contributed by atoms with Crippen molar-refractivity contribution in [1.82, 2.24) is 9.38 Å². The lowest BCUT2D eigenvalue weighted by Gasteiger charge is -1.93. The Hall–Kier alpha value is -1.07. The molecule has 0 amide bonds. The van der Waals surface area contributed by atoms with E-state index in [-0.39, 0.29) is 0 Å². The first-order chi connectivity index (χ1) is 7.75. The molecule has 3 aromatic heterocycles. The molecule has 3 heterocycles. The number of imidazole rings is 1. The monoisotopic (exact) mass is 340 g/mol. The van der Waals surface area contributed by atoms with E-state index in [1.807, 2.05) is 40.9 Å². The molecule has 0 aromatic carbocycles. The second kappa shape index (κ2) is 3.75. The fourth-order valence-corrected chi connectivity index (χ4v) is 2.45. The van der Waals surface area contributed by atoms with Crippen molar-refractivity contribution in [3.05, 3.63) is 45.8 Å². The average Bonchev–Trinajstić information content (AvgIpc) is 2.84. The first-order valence-electron chi connectivity index (χ1n) is 4.64. The summed E-state index contributed by atoms with van der Waals surface area (Å²) in [7, 11) is 0. The predicted molar refractivity (Wildman–Crippen MR) is 68.3 cm³/mol. The molecular weight excluding hydrogens is 336 g/mol. The van der Waals surface area contributed by atoms with Crippen LogP contribution >= 0.6 is 31.9 Å². The lowest BCUT2D eigenvalue weighted by Crippen LogP contribution is -1.81. The third-order valence-electron chi connectivity index (χ3n) is 2.28. The van der Waals surface area contributed by atoms with Crippen LogP contribution in [0.25, 0.3) is 17.1 Å². The molecule has 0 spiro atoms. The van der Waals surface area contributed by atoms with E-state index in [2.05, 4.69) is 36.8 Å². The fourth-order valence-electron chi connectivity index (χ4n) is 1.56. The molecule has 0 aliphatic carbocycles. The highest BCUT2D eigenvalue weighted by Gasteiger charge is 2.14. The molecule has 0 saturated carbocycles. The predicted octanol–water partition coefficient (Wildman–Crippen LogP) is 4.12. The van der Waals surface area contributed by atoms with Crippen molar-refractivity contribution in [2.24, 2.45) is 0 Å². The van der Waals surface area contributed by atoms with Crippen LogP contribution in [0.4, 0.5) is 0 Å². The first-order valence-corrected chi connectivity index (χ1v) is 6.22. The number of fused-ring (bicyclic) bond motifs is 1. The highest BCUT2D eigenvalue weighted by atomic mass is 79.9. The largest absolute Gasteiger partial charge is 0.448 e. The van der Waals surface area contributed by atoms with Gasteiger partial charge in [-0.05, 0) is 56.1 Å². The molecule has 16 heavy (non-hydrogen) atoms. The number of hydrogen-bond acceptors (Lipinski definition) is 2. The summed E-state index contributed by atoms with van der Waals surface area (Å²) in [5.74, 6) is 0.738. The molecule has 0 fully saturated rings. The summed E-state index contributed by atoms with van der Waals surface area (Å²) >= 11 is 6.80. The van der Waals surface area contributed by atoms with Crippen molar-refractivity contribution >= 4 is 37.5 Å². The number of halogens is 2. The van der Waals surface area contributed by atoms with E-state index in [4.69, 9.17) is 4.42 Å². The Balaban J connectivity index is 2.28. The number of aromatic nitrogens is 2. The standard InChI is InChI=1S/C11H6Br2N2O/c12-8-5-4-7(16-8)10-11(13)15-6-2-1-3-9(15)14-10/h1-6H. The van der Waals surface area contributed by atoms with Crippen molar-refractivity contribution in [2.75, 3.05) is 0 Å². The quantitative estimate of drug-likeness (QED) is 0.666. The van der Waals surface area contributed by atoms with E-state index < -0.39 is 0 Å². The molecule has 0 atom stereocenters. The van der Waals surface area contributed by atoms with Gasteiger partial charge in [0.2, 0.25) is 0 Å². The molecule has 0 radical (unpaired) electrons. The maximum atomic E-state index is 5.49. The van der Waals surface area contributed by atoms with Gasteiger partial charge in [0.25, 0.3) is 0 Å². The zero-order valence-electron chi connectivity index (χ0n) is 8.02. The van der Waals surface area contributed by atoms with Gasteiger partial charge in [0.15, 0.2) is 10.4 Å². The van der Waals surface area contributed by atoms with Gasteiger partial charge < -0.3 is 4.42 Å². The van der Waals surface area contributed by atoms with Crippen LogP contribution in [0.5, 0.6) is 0 Å². The Morgan fingerprint density at radius 1 is 1.12 bits per heavy atom. The molecule has 0 N–H and O–H groups in total. The Bertz CT molecular complexity index is 657. The van der Waals surface area contributed by atoms with Crippen LogP contribution in [0.15, 0.2) is 50.2 Å². The summed E-state index contributed by atoms with van der Waals surface area (Å²) in [6, 6.07) is 9.60. The average molecular weight is 342 g/mol. The zero-order chi connectivity index (χ0) is 11.1. The molecule has 5 heteroatoms. The smallest absolute Gasteiger partial charge is 0.169 e. The van der Waals surface area contributed by atoms with Crippen LogP contribution in [0.3, 0.4) is 0 Å². The van der Waals surface area contributed by atoms with Crippen molar-refractivity contribution in [1.29, 1.82) is 0 Å². The van der Waals surface area contributed by atoms with Gasteiger partial charge in [0.1, 0.15) is 15.9 Å². The molecule has 3 rings (SSSR count). The van der Waals surface area contributed by atoms with Gasteiger partial charge in [-0.1, -0.05) is 6.07 Å². The van der Waals surface area contributed by atoms with Crippen molar-refractivity contribution in [3.63, 3.8) is 0 Å². The summed E-state index contributed by atoms with van der Waals surface area (Å²) in [6.45, 7) is 0. The van der Waals surface area contributed by atoms with Gasteiger partial charge in [-0.2, -0.15) is 0 Å². The third-order valence-corrected chi connectivity index (χ3v) is 3.46. The van der Waals surface area contributed by atoms with Crippen LogP contribution < -0.4 is 0 Å². The summed E-state index contributed by atoms with van der Waals surface area (Å²) in [4.78, 5) is 4.50. The van der Waals surface area contributed by atoms with Crippen LogP contribution in [0, 0.1) is 0 Å². The van der Waals surface area contributed by atoms with E-state index in [0.717, 1.165) is 21.7 Å². The third kappa shape index (κ3) is 1.51. The molecule has 3 nitrogen and oxygen atoms in total. The van der Waals surface area contributed by atoms with Crippen molar-refractivity contribution in [2.45, 2.75) is 0 Å². The normalized spacial score (nSPS) is 11.1. The minimum atomic E-state index is 0.700. The number of pyridine rings is 1. The van der Waals surface area contributed by atoms with Gasteiger partial charge >= 0.3 is 0 Å². The fraction of sp³-hybridized carbons (Fsp3) is 0. The molecule has 0 saturated heterocycles. The van der Waals surface area contributed by atoms with Crippen LogP contribution in [-0.2, 0) is 0 Å². The second-order valence-electron chi connectivity index (χ2n) is 3.28. The summed E-state index contributed by atoms with van der Waals surface area (Å²) in [5.41, 5.74) is 1.69. The molecule has 0 aliphatic heterocycles. The second-order valence-corrected chi connectivity index (χ2v) is 4.82.